The van der Waals surface area contributed by atoms with Crippen LogP contribution in [-0.2, 0) is 6.42 Å². The number of hydrogen-bond donors (Lipinski definition) is 0. The zero-order valence-electron chi connectivity index (χ0n) is 13.5. The van der Waals surface area contributed by atoms with Crippen LogP contribution in [0.3, 0.4) is 0 Å². The van der Waals surface area contributed by atoms with E-state index < -0.39 is 0 Å². The van der Waals surface area contributed by atoms with Gasteiger partial charge in [0.25, 0.3) is 0 Å². The zero-order chi connectivity index (χ0) is 15.8. The number of rotatable bonds is 4. The Morgan fingerprint density at radius 1 is 1.17 bits per heavy atom. The third kappa shape index (κ3) is 2.65. The third-order valence-electron chi connectivity index (χ3n) is 4.65. The second-order valence-corrected chi connectivity index (χ2v) is 6.00. The summed E-state index contributed by atoms with van der Waals surface area (Å²) in [6.45, 7) is 2.03. The predicted octanol–water partition coefficient (Wildman–Crippen LogP) is 4.71. The average molecular weight is 339 g/mol. The maximum absolute atomic E-state index is 12.9. The lowest BCUT2D eigenvalue weighted by Crippen LogP contribution is -2.18. The molecule has 1 heterocycles. The van der Waals surface area contributed by atoms with Crippen LogP contribution in [0.4, 0.5) is 0 Å². The van der Waals surface area contributed by atoms with E-state index in [0.29, 0.717) is 0 Å². The maximum atomic E-state index is 12.9. The highest BCUT2D eigenvalue weighted by molar-refractivity contribution is 6.00. The van der Waals surface area contributed by atoms with Crippen molar-refractivity contribution in [2.24, 2.45) is 0 Å². The number of imidazole rings is 1. The van der Waals surface area contributed by atoms with Gasteiger partial charge in [-0.05, 0) is 41.2 Å². The summed E-state index contributed by atoms with van der Waals surface area (Å²) in [6.07, 6.45) is 6.96. The Bertz CT molecular complexity index is 871. The van der Waals surface area contributed by atoms with Crippen molar-refractivity contribution in [1.29, 1.82) is 0 Å². The number of benzene rings is 2. The first-order valence-corrected chi connectivity index (χ1v) is 8.00. The standard InChI is InChI=1S/C20H18N2O.ClH/c1-2-19(22-10-9-21-13-22)20(23)15-7-8-18-16(12-15)11-14-5-3-4-6-17(14)18;/h3-10,12-13,19H,2,11H2,1H3;1H. The quantitative estimate of drug-likeness (QED) is 0.505. The van der Waals surface area contributed by atoms with E-state index in [9.17, 15) is 4.79 Å². The minimum atomic E-state index is -0.181. The molecule has 4 heteroatoms. The number of hydrogen-bond acceptors (Lipinski definition) is 2. The first-order chi connectivity index (χ1) is 11.3. The molecule has 4 rings (SSSR count). The summed E-state index contributed by atoms with van der Waals surface area (Å²) < 4.78 is 1.89. The number of nitrogens with zero attached hydrogens (tertiary/aromatic N) is 2. The molecule has 0 radical (unpaired) electrons. The Morgan fingerprint density at radius 2 is 1.96 bits per heavy atom. The van der Waals surface area contributed by atoms with E-state index in [4.69, 9.17) is 0 Å². The molecule has 0 bridgehead atoms. The van der Waals surface area contributed by atoms with Gasteiger partial charge in [-0.1, -0.05) is 43.3 Å². The normalized spacial score (nSPS) is 12.9. The van der Waals surface area contributed by atoms with Crippen LogP contribution < -0.4 is 0 Å². The van der Waals surface area contributed by atoms with Gasteiger partial charge in [0, 0.05) is 18.0 Å². The van der Waals surface area contributed by atoms with Gasteiger partial charge in [0.05, 0.1) is 12.4 Å². The highest BCUT2D eigenvalue weighted by Crippen LogP contribution is 2.37. The van der Waals surface area contributed by atoms with Gasteiger partial charge in [0.1, 0.15) is 0 Å². The number of fused-ring (bicyclic) bond motifs is 3. The summed E-state index contributed by atoms with van der Waals surface area (Å²) in [5.41, 5.74) is 5.93. The molecule has 0 aliphatic heterocycles. The Kier molecular flexibility index (Phi) is 4.54. The molecular formula is C20H19ClN2O. The Hall–Kier alpha value is -2.39. The minimum absolute atomic E-state index is 0. The molecular weight excluding hydrogens is 320 g/mol. The summed E-state index contributed by atoms with van der Waals surface area (Å²) >= 11 is 0. The fraction of sp³-hybridized carbons (Fsp3) is 0.200. The van der Waals surface area contributed by atoms with Crippen LogP contribution in [0.15, 0.2) is 61.2 Å². The molecule has 3 nitrogen and oxygen atoms in total. The number of Topliss-reactive ketones (excluding diaryl/α,β-unsaturated/α-hetero) is 1. The highest BCUT2D eigenvalue weighted by Gasteiger charge is 2.23. The molecule has 0 saturated carbocycles. The number of halogens is 1. The van der Waals surface area contributed by atoms with Gasteiger partial charge in [0.2, 0.25) is 0 Å². The van der Waals surface area contributed by atoms with Crippen molar-refractivity contribution in [3.63, 3.8) is 0 Å². The van der Waals surface area contributed by atoms with Crippen LogP contribution in [0.2, 0.25) is 0 Å². The van der Waals surface area contributed by atoms with Crippen molar-refractivity contribution in [1.82, 2.24) is 9.55 Å². The van der Waals surface area contributed by atoms with E-state index in [0.717, 1.165) is 18.4 Å². The van der Waals surface area contributed by atoms with Crippen LogP contribution in [0.5, 0.6) is 0 Å². The molecule has 0 N–H and O–H groups in total. The van der Waals surface area contributed by atoms with Gasteiger partial charge in [-0.2, -0.15) is 0 Å². The zero-order valence-corrected chi connectivity index (χ0v) is 14.3. The number of carbonyl (C=O) groups is 1. The van der Waals surface area contributed by atoms with Gasteiger partial charge in [-0.3, -0.25) is 4.79 Å². The van der Waals surface area contributed by atoms with Gasteiger partial charge in [-0.15, -0.1) is 12.4 Å². The van der Waals surface area contributed by atoms with Gasteiger partial charge < -0.3 is 4.57 Å². The molecule has 2 aromatic carbocycles. The Morgan fingerprint density at radius 3 is 2.71 bits per heavy atom. The summed E-state index contributed by atoms with van der Waals surface area (Å²) in [5.74, 6) is 0.157. The molecule has 3 aromatic rings. The van der Waals surface area contributed by atoms with Gasteiger partial charge in [0.15, 0.2) is 5.78 Å². The smallest absolute Gasteiger partial charge is 0.185 e. The largest absolute Gasteiger partial charge is 0.327 e. The lowest BCUT2D eigenvalue weighted by atomic mass is 9.97. The predicted molar refractivity (Wildman–Crippen MR) is 97.8 cm³/mol. The van der Waals surface area contributed by atoms with Gasteiger partial charge in [-0.25, -0.2) is 4.98 Å². The van der Waals surface area contributed by atoms with Crippen LogP contribution in [0.1, 0.15) is 40.9 Å². The Balaban J connectivity index is 0.00000169. The molecule has 24 heavy (non-hydrogen) atoms. The topological polar surface area (TPSA) is 34.9 Å². The molecule has 0 amide bonds. The lowest BCUT2D eigenvalue weighted by molar-refractivity contribution is 0.0922. The van der Waals surface area contributed by atoms with E-state index in [2.05, 4.69) is 41.4 Å². The summed E-state index contributed by atoms with van der Waals surface area (Å²) in [5, 5.41) is 0. The second kappa shape index (κ2) is 6.62. The minimum Gasteiger partial charge on any atom is -0.327 e. The van der Waals surface area contributed by atoms with Crippen LogP contribution in [0.25, 0.3) is 11.1 Å². The van der Waals surface area contributed by atoms with E-state index in [1.54, 1.807) is 12.5 Å². The van der Waals surface area contributed by atoms with E-state index in [1.807, 2.05) is 23.8 Å². The number of ketones is 1. The Labute approximate surface area is 147 Å². The first kappa shape index (κ1) is 16.5. The number of carbonyl (C=O) groups excluding carboxylic acids is 1. The molecule has 0 fully saturated rings. The lowest BCUT2D eigenvalue weighted by Gasteiger charge is -2.16. The van der Waals surface area contributed by atoms with Crippen LogP contribution >= 0.6 is 12.4 Å². The van der Waals surface area contributed by atoms with E-state index >= 15 is 0 Å². The molecule has 1 atom stereocenters. The van der Waals surface area contributed by atoms with Crippen LogP contribution in [0, 0.1) is 0 Å². The van der Waals surface area contributed by atoms with E-state index in [1.165, 1.54) is 22.3 Å². The highest BCUT2D eigenvalue weighted by atomic mass is 35.5. The monoisotopic (exact) mass is 338 g/mol. The second-order valence-electron chi connectivity index (χ2n) is 6.00. The van der Waals surface area contributed by atoms with Crippen molar-refractivity contribution >= 4 is 18.2 Å². The molecule has 0 saturated heterocycles. The van der Waals surface area contributed by atoms with Crippen molar-refractivity contribution in [3.8, 4) is 11.1 Å². The van der Waals surface area contributed by atoms with Crippen molar-refractivity contribution in [3.05, 3.63) is 77.9 Å². The maximum Gasteiger partial charge on any atom is 0.185 e. The first-order valence-electron chi connectivity index (χ1n) is 8.00. The van der Waals surface area contributed by atoms with Crippen molar-refractivity contribution in [2.45, 2.75) is 25.8 Å². The molecule has 1 aliphatic carbocycles. The SMILES string of the molecule is CCC(C(=O)c1ccc2c(c1)Cc1ccccc1-2)n1ccnc1.Cl. The molecule has 0 spiro atoms. The molecule has 1 aromatic heterocycles. The van der Waals surface area contributed by atoms with Crippen LogP contribution in [-0.4, -0.2) is 15.3 Å². The van der Waals surface area contributed by atoms with Crippen molar-refractivity contribution in [2.75, 3.05) is 0 Å². The summed E-state index contributed by atoms with van der Waals surface area (Å²) in [6, 6.07) is 14.4. The fourth-order valence-electron chi connectivity index (χ4n) is 3.48. The fourth-order valence-corrected chi connectivity index (χ4v) is 3.48. The average Bonchev–Trinajstić information content (AvgIpc) is 3.22. The molecule has 122 valence electrons. The van der Waals surface area contributed by atoms with E-state index in [-0.39, 0.29) is 24.2 Å². The molecule has 1 aliphatic rings. The van der Waals surface area contributed by atoms with Gasteiger partial charge >= 0.3 is 0 Å². The summed E-state index contributed by atoms with van der Waals surface area (Å²) in [4.78, 5) is 17.0. The van der Waals surface area contributed by atoms with Crippen molar-refractivity contribution < 1.29 is 4.79 Å². The third-order valence-corrected chi connectivity index (χ3v) is 4.65. The number of aromatic nitrogens is 2. The summed E-state index contributed by atoms with van der Waals surface area (Å²) in [7, 11) is 0. The molecule has 1 unspecified atom stereocenters.